The summed E-state index contributed by atoms with van der Waals surface area (Å²) in [6.07, 6.45) is 0. The molecule has 1 heterocycles. The third kappa shape index (κ3) is 2.32. The number of nitro benzene ring substituents is 1. The van der Waals surface area contributed by atoms with E-state index in [0.717, 1.165) is 11.3 Å². The van der Waals surface area contributed by atoms with Crippen LogP contribution in [0.1, 0.15) is 22.3 Å². The number of Topliss-reactive ketones (excluding diaryl/α,β-unsaturated/α-hetero) is 1. The van der Waals surface area contributed by atoms with Crippen molar-refractivity contribution < 1.29 is 9.72 Å². The van der Waals surface area contributed by atoms with Crippen molar-refractivity contribution in [2.45, 2.75) is 13.8 Å². The van der Waals surface area contributed by atoms with Gasteiger partial charge in [-0.1, -0.05) is 11.3 Å². The van der Waals surface area contributed by atoms with Crippen LogP contribution in [0.25, 0.3) is 5.69 Å². The summed E-state index contributed by atoms with van der Waals surface area (Å²) in [6.45, 7) is 3.21. The Hall–Kier alpha value is -2.28. The summed E-state index contributed by atoms with van der Waals surface area (Å²) in [4.78, 5) is 22.3. The highest BCUT2D eigenvalue weighted by Crippen LogP contribution is 2.19. The molecule has 0 radical (unpaired) electrons. The number of nitrogens with one attached hydrogen (secondary N) is 1. The van der Waals surface area contributed by atoms with Crippen molar-refractivity contribution in [3.05, 3.63) is 49.8 Å². The third-order valence-corrected chi connectivity index (χ3v) is 3.87. The van der Waals surface area contributed by atoms with Crippen molar-refractivity contribution in [3.63, 3.8) is 0 Å². The summed E-state index contributed by atoms with van der Waals surface area (Å²) in [5, 5.41) is 18.5. The molecule has 1 N–H and O–H groups in total. The van der Waals surface area contributed by atoms with E-state index >= 15 is 0 Å². The van der Waals surface area contributed by atoms with Crippen molar-refractivity contribution in [1.82, 2.24) is 4.57 Å². The largest absolute Gasteiger partial charge is 0.294 e. The van der Waals surface area contributed by atoms with Crippen LogP contribution >= 0.6 is 11.3 Å². The van der Waals surface area contributed by atoms with Crippen molar-refractivity contribution in [2.24, 2.45) is 0 Å². The molecule has 6 nitrogen and oxygen atoms in total. The summed E-state index contributed by atoms with van der Waals surface area (Å²) >= 11 is 1.10. The molecule has 0 saturated carbocycles. The number of carbonyl (C=O) groups excluding carboxylic acids is 1. The minimum Gasteiger partial charge on any atom is -0.294 e. The standard InChI is InChI=1S/C12H11N3O3S/c1-7-11(8(2)16)19-12(13)14(7)9-3-5-10(6-4-9)15(17)18/h3-6,13H,1-2H3. The first-order valence-corrected chi connectivity index (χ1v) is 6.26. The van der Waals surface area contributed by atoms with E-state index in [4.69, 9.17) is 5.41 Å². The Bertz CT molecular complexity index is 713. The van der Waals surface area contributed by atoms with Gasteiger partial charge in [-0.05, 0) is 19.1 Å². The van der Waals surface area contributed by atoms with Crippen LogP contribution in [0.5, 0.6) is 0 Å². The highest BCUT2D eigenvalue weighted by molar-refractivity contribution is 7.11. The van der Waals surface area contributed by atoms with Gasteiger partial charge < -0.3 is 0 Å². The summed E-state index contributed by atoms with van der Waals surface area (Å²) < 4.78 is 1.60. The molecule has 0 fully saturated rings. The fourth-order valence-corrected chi connectivity index (χ4v) is 2.74. The van der Waals surface area contributed by atoms with Crippen LogP contribution in [0.2, 0.25) is 0 Å². The van der Waals surface area contributed by atoms with Gasteiger partial charge in [0, 0.05) is 30.4 Å². The van der Waals surface area contributed by atoms with E-state index < -0.39 is 4.92 Å². The van der Waals surface area contributed by atoms with E-state index in [1.165, 1.54) is 19.1 Å². The topological polar surface area (TPSA) is 89.0 Å². The molecule has 2 aromatic rings. The van der Waals surface area contributed by atoms with Crippen LogP contribution in [-0.2, 0) is 0 Å². The molecule has 0 saturated heterocycles. The fourth-order valence-electron chi connectivity index (χ4n) is 1.83. The Labute approximate surface area is 112 Å². The average molecular weight is 277 g/mol. The number of hydrogen-bond acceptors (Lipinski definition) is 5. The van der Waals surface area contributed by atoms with Gasteiger partial charge in [-0.15, -0.1) is 0 Å². The number of non-ortho nitro benzene ring substituents is 1. The van der Waals surface area contributed by atoms with Gasteiger partial charge >= 0.3 is 0 Å². The zero-order valence-electron chi connectivity index (χ0n) is 10.3. The molecule has 0 bridgehead atoms. The van der Waals surface area contributed by atoms with Gasteiger partial charge in [0.1, 0.15) is 0 Å². The molecule has 19 heavy (non-hydrogen) atoms. The maximum absolute atomic E-state index is 11.4. The molecule has 0 atom stereocenters. The van der Waals surface area contributed by atoms with E-state index in [0.29, 0.717) is 16.3 Å². The van der Waals surface area contributed by atoms with Crippen LogP contribution in [0.15, 0.2) is 24.3 Å². The SMILES string of the molecule is CC(=O)c1sc(=N)n(-c2ccc([N+](=O)[O-])cc2)c1C. The Morgan fingerprint density at radius 3 is 2.37 bits per heavy atom. The number of ketones is 1. The van der Waals surface area contributed by atoms with E-state index in [9.17, 15) is 14.9 Å². The van der Waals surface area contributed by atoms with Crippen LogP contribution in [-0.4, -0.2) is 15.3 Å². The fraction of sp³-hybridized carbons (Fsp3) is 0.167. The lowest BCUT2D eigenvalue weighted by molar-refractivity contribution is -0.384. The van der Waals surface area contributed by atoms with E-state index in [2.05, 4.69) is 0 Å². The van der Waals surface area contributed by atoms with Crippen molar-refractivity contribution in [2.75, 3.05) is 0 Å². The lowest BCUT2D eigenvalue weighted by Crippen LogP contribution is -2.12. The smallest absolute Gasteiger partial charge is 0.269 e. The second kappa shape index (κ2) is 4.77. The molecule has 0 amide bonds. The summed E-state index contributed by atoms with van der Waals surface area (Å²) in [7, 11) is 0. The summed E-state index contributed by atoms with van der Waals surface area (Å²) in [6, 6.07) is 5.90. The number of nitro groups is 1. The lowest BCUT2D eigenvalue weighted by Gasteiger charge is -2.05. The summed E-state index contributed by atoms with van der Waals surface area (Å²) in [5.41, 5.74) is 1.31. The van der Waals surface area contributed by atoms with Crippen molar-refractivity contribution >= 4 is 22.8 Å². The molecule has 98 valence electrons. The molecule has 2 rings (SSSR count). The molecule has 1 aromatic heterocycles. The Kier molecular flexibility index (Phi) is 3.30. The number of nitrogens with zero attached hydrogens (tertiary/aromatic N) is 2. The number of carbonyl (C=O) groups is 1. The number of benzene rings is 1. The number of aromatic nitrogens is 1. The van der Waals surface area contributed by atoms with Crippen LogP contribution < -0.4 is 4.80 Å². The van der Waals surface area contributed by atoms with E-state index in [1.807, 2.05) is 0 Å². The molecule has 0 unspecified atom stereocenters. The molecule has 0 aliphatic rings. The first kappa shape index (κ1) is 13.2. The Morgan fingerprint density at radius 1 is 1.37 bits per heavy atom. The monoisotopic (exact) mass is 277 g/mol. The molecule has 0 aliphatic carbocycles. The number of rotatable bonds is 3. The van der Waals surface area contributed by atoms with Gasteiger partial charge in [0.2, 0.25) is 0 Å². The predicted octanol–water partition coefficient (Wildman–Crippen LogP) is 2.44. The van der Waals surface area contributed by atoms with Gasteiger partial charge in [0.15, 0.2) is 10.6 Å². The molecule has 7 heteroatoms. The third-order valence-electron chi connectivity index (χ3n) is 2.70. The molecular formula is C12H11N3O3S. The van der Waals surface area contributed by atoms with Crippen molar-refractivity contribution in [1.29, 1.82) is 5.41 Å². The first-order chi connectivity index (χ1) is 8.91. The number of thiazole rings is 1. The van der Waals surface area contributed by atoms with Gasteiger partial charge in [0.25, 0.3) is 5.69 Å². The lowest BCUT2D eigenvalue weighted by atomic mass is 10.2. The van der Waals surface area contributed by atoms with E-state index in [-0.39, 0.29) is 16.3 Å². The van der Waals surface area contributed by atoms with Gasteiger partial charge in [-0.25, -0.2) is 0 Å². The number of hydrogen-bond donors (Lipinski definition) is 1. The molecule has 0 aliphatic heterocycles. The highest BCUT2D eigenvalue weighted by Gasteiger charge is 2.14. The molecule has 0 spiro atoms. The van der Waals surface area contributed by atoms with Crippen LogP contribution in [0.3, 0.4) is 0 Å². The maximum atomic E-state index is 11.4. The van der Waals surface area contributed by atoms with Crippen molar-refractivity contribution in [3.8, 4) is 5.69 Å². The highest BCUT2D eigenvalue weighted by atomic mass is 32.1. The minimum atomic E-state index is -0.475. The van der Waals surface area contributed by atoms with Crippen LogP contribution in [0, 0.1) is 22.4 Å². The Morgan fingerprint density at radius 2 is 1.95 bits per heavy atom. The normalized spacial score (nSPS) is 10.4. The predicted molar refractivity (Wildman–Crippen MR) is 70.9 cm³/mol. The van der Waals surface area contributed by atoms with Crippen LogP contribution in [0.4, 0.5) is 5.69 Å². The van der Waals surface area contributed by atoms with E-state index in [1.54, 1.807) is 23.6 Å². The molecular weight excluding hydrogens is 266 g/mol. The van der Waals surface area contributed by atoms with Gasteiger partial charge in [-0.3, -0.25) is 24.9 Å². The second-order valence-corrected chi connectivity index (χ2v) is 4.99. The first-order valence-electron chi connectivity index (χ1n) is 5.44. The molecule has 1 aromatic carbocycles. The summed E-state index contributed by atoms with van der Waals surface area (Å²) in [5.74, 6) is -0.0864. The average Bonchev–Trinajstić information content (AvgIpc) is 2.65. The maximum Gasteiger partial charge on any atom is 0.269 e. The Balaban J connectivity index is 2.56. The second-order valence-electron chi connectivity index (χ2n) is 3.99. The van der Waals surface area contributed by atoms with Gasteiger partial charge in [-0.2, -0.15) is 0 Å². The quantitative estimate of drug-likeness (QED) is 0.531. The zero-order chi connectivity index (χ0) is 14.2. The minimum absolute atomic E-state index is 0.00412. The van der Waals surface area contributed by atoms with Gasteiger partial charge in [0.05, 0.1) is 9.80 Å². The zero-order valence-corrected chi connectivity index (χ0v) is 11.2.